The molecule has 0 aliphatic carbocycles. The van der Waals surface area contributed by atoms with Gasteiger partial charge in [-0.25, -0.2) is 12.8 Å². The number of rotatable bonds is 5. The summed E-state index contributed by atoms with van der Waals surface area (Å²) < 4.78 is 76.0. The molecule has 0 aromatic heterocycles. The van der Waals surface area contributed by atoms with Crippen molar-refractivity contribution < 1.29 is 26.0 Å². The van der Waals surface area contributed by atoms with Gasteiger partial charge < -0.3 is 0 Å². The van der Waals surface area contributed by atoms with Crippen LogP contribution in [0.4, 0.5) is 17.6 Å². The maximum Gasteiger partial charge on any atom is 0.402 e. The monoisotopic (exact) mass is 391 g/mol. The number of sulfonamides is 1. The van der Waals surface area contributed by atoms with Crippen LogP contribution < -0.4 is 0 Å². The highest BCUT2D eigenvalue weighted by molar-refractivity contribution is 9.10. The van der Waals surface area contributed by atoms with Gasteiger partial charge >= 0.3 is 6.18 Å². The van der Waals surface area contributed by atoms with E-state index in [1.807, 2.05) is 0 Å². The summed E-state index contributed by atoms with van der Waals surface area (Å²) in [6, 6.07) is 2.90. The zero-order valence-electron chi connectivity index (χ0n) is 11.3. The van der Waals surface area contributed by atoms with E-state index in [0.717, 1.165) is 12.1 Å². The van der Waals surface area contributed by atoms with E-state index >= 15 is 0 Å². The summed E-state index contributed by atoms with van der Waals surface area (Å²) in [5.74, 6) is -1.16. The van der Waals surface area contributed by atoms with Crippen LogP contribution in [-0.2, 0) is 10.0 Å². The van der Waals surface area contributed by atoms with Crippen molar-refractivity contribution in [2.24, 2.45) is 5.92 Å². The van der Waals surface area contributed by atoms with Crippen LogP contribution in [-0.4, -0.2) is 32.0 Å². The minimum atomic E-state index is -4.67. The molecule has 0 unspecified atom stereocenters. The summed E-state index contributed by atoms with van der Waals surface area (Å²) in [7, 11) is -4.42. The molecule has 1 aromatic carbocycles. The smallest absolute Gasteiger partial charge is 0.207 e. The fraction of sp³-hybridized carbons (Fsp3) is 0.500. The maximum atomic E-state index is 13.4. The molecule has 0 aliphatic rings. The predicted octanol–water partition coefficient (Wildman–Crippen LogP) is 3.80. The summed E-state index contributed by atoms with van der Waals surface area (Å²) in [4.78, 5) is -0.506. The second-order valence-corrected chi connectivity index (χ2v) is 7.67. The normalized spacial score (nSPS) is 13.2. The highest BCUT2D eigenvalue weighted by Gasteiger charge is 2.37. The molecule has 1 aromatic rings. The topological polar surface area (TPSA) is 37.4 Å². The molecule has 0 bridgehead atoms. The summed E-state index contributed by atoms with van der Waals surface area (Å²) >= 11 is 2.86. The van der Waals surface area contributed by atoms with E-state index < -0.39 is 33.5 Å². The Kier molecular flexibility index (Phi) is 5.79. The first kappa shape index (κ1) is 18.4. The second kappa shape index (κ2) is 6.62. The van der Waals surface area contributed by atoms with Gasteiger partial charge in [-0.2, -0.15) is 17.5 Å². The first-order chi connectivity index (χ1) is 9.43. The molecule has 0 aliphatic heterocycles. The number of benzene rings is 1. The third-order valence-electron chi connectivity index (χ3n) is 2.45. The van der Waals surface area contributed by atoms with Gasteiger partial charge in [0.1, 0.15) is 12.4 Å². The molecule has 1 rings (SSSR count). The Morgan fingerprint density at radius 3 is 2.29 bits per heavy atom. The molecule has 0 saturated heterocycles. The first-order valence-electron chi connectivity index (χ1n) is 5.95. The van der Waals surface area contributed by atoms with Gasteiger partial charge in [-0.15, -0.1) is 0 Å². The van der Waals surface area contributed by atoms with Crippen LogP contribution in [0.2, 0.25) is 0 Å². The molecular weight excluding hydrogens is 378 g/mol. The van der Waals surface area contributed by atoms with Crippen molar-refractivity contribution in [3.63, 3.8) is 0 Å². The van der Waals surface area contributed by atoms with Crippen molar-refractivity contribution in [2.45, 2.75) is 24.9 Å². The SMILES string of the molecule is CC(C)CN(CC(F)(F)F)S(=O)(=O)c1ccc(Br)c(F)c1. The standard InChI is InChI=1S/C12H14BrF4NO2S/c1-8(2)6-18(7-12(15,16)17)21(19,20)9-3-4-10(13)11(14)5-9/h3-5,8H,6-7H2,1-2H3. The van der Waals surface area contributed by atoms with Gasteiger partial charge in [-0.1, -0.05) is 13.8 Å². The van der Waals surface area contributed by atoms with Crippen molar-refractivity contribution in [3.05, 3.63) is 28.5 Å². The third kappa shape index (κ3) is 5.23. The van der Waals surface area contributed by atoms with Crippen molar-refractivity contribution in [3.8, 4) is 0 Å². The van der Waals surface area contributed by atoms with Crippen molar-refractivity contribution in [2.75, 3.05) is 13.1 Å². The van der Waals surface area contributed by atoms with E-state index in [1.165, 1.54) is 0 Å². The van der Waals surface area contributed by atoms with Gasteiger partial charge in [-0.05, 0) is 40.0 Å². The molecule has 0 atom stereocenters. The lowest BCUT2D eigenvalue weighted by Crippen LogP contribution is -2.41. The summed E-state index contributed by atoms with van der Waals surface area (Å²) in [6.07, 6.45) is -4.67. The van der Waals surface area contributed by atoms with Crippen LogP contribution in [0.5, 0.6) is 0 Å². The highest BCUT2D eigenvalue weighted by atomic mass is 79.9. The predicted molar refractivity (Wildman–Crippen MR) is 73.8 cm³/mol. The van der Waals surface area contributed by atoms with Gasteiger partial charge in [0.2, 0.25) is 10.0 Å². The van der Waals surface area contributed by atoms with E-state index in [9.17, 15) is 26.0 Å². The van der Waals surface area contributed by atoms with Crippen LogP contribution in [0.25, 0.3) is 0 Å². The quantitative estimate of drug-likeness (QED) is 0.715. The first-order valence-corrected chi connectivity index (χ1v) is 8.18. The van der Waals surface area contributed by atoms with Gasteiger partial charge in [0.15, 0.2) is 0 Å². The Balaban J connectivity index is 3.22. The minimum Gasteiger partial charge on any atom is -0.207 e. The lowest BCUT2D eigenvalue weighted by Gasteiger charge is -2.25. The Labute approximate surface area is 129 Å². The zero-order valence-corrected chi connectivity index (χ0v) is 13.7. The van der Waals surface area contributed by atoms with E-state index in [4.69, 9.17) is 0 Å². The van der Waals surface area contributed by atoms with Crippen molar-refractivity contribution >= 4 is 26.0 Å². The molecule has 3 nitrogen and oxygen atoms in total. The summed E-state index contributed by atoms with van der Waals surface area (Å²) in [5, 5.41) is 0. The average molecular weight is 392 g/mol. The molecular formula is C12H14BrF4NO2S. The van der Waals surface area contributed by atoms with Gasteiger partial charge in [0.25, 0.3) is 0 Å². The van der Waals surface area contributed by atoms with Crippen molar-refractivity contribution in [1.29, 1.82) is 0 Å². The number of hydrogen-bond donors (Lipinski definition) is 0. The molecule has 0 N–H and O–H groups in total. The maximum absolute atomic E-state index is 13.4. The van der Waals surface area contributed by atoms with E-state index in [1.54, 1.807) is 13.8 Å². The van der Waals surface area contributed by atoms with Crippen LogP contribution in [0.15, 0.2) is 27.6 Å². The van der Waals surface area contributed by atoms with Crippen LogP contribution in [0.1, 0.15) is 13.8 Å². The molecule has 0 fully saturated rings. The minimum absolute atomic E-state index is 0.0349. The lowest BCUT2D eigenvalue weighted by atomic mass is 10.2. The zero-order chi connectivity index (χ0) is 16.4. The molecule has 0 spiro atoms. The molecule has 0 saturated carbocycles. The second-order valence-electron chi connectivity index (χ2n) is 4.88. The largest absolute Gasteiger partial charge is 0.402 e. The Morgan fingerprint density at radius 2 is 1.86 bits per heavy atom. The summed E-state index contributed by atoms with van der Waals surface area (Å²) in [6.45, 7) is 1.28. The van der Waals surface area contributed by atoms with Gasteiger partial charge in [0.05, 0.1) is 9.37 Å². The van der Waals surface area contributed by atoms with Crippen LogP contribution >= 0.6 is 15.9 Å². The number of halogens is 5. The number of nitrogens with zero attached hydrogens (tertiary/aromatic N) is 1. The highest BCUT2D eigenvalue weighted by Crippen LogP contribution is 2.26. The molecule has 120 valence electrons. The molecule has 0 radical (unpaired) electrons. The van der Waals surface area contributed by atoms with Crippen molar-refractivity contribution in [1.82, 2.24) is 4.31 Å². The lowest BCUT2D eigenvalue weighted by molar-refractivity contribution is -0.136. The average Bonchev–Trinajstić information content (AvgIpc) is 2.29. The Bertz CT molecular complexity index is 602. The fourth-order valence-corrected chi connectivity index (χ4v) is 3.49. The Hall–Kier alpha value is -0.670. The molecule has 9 heteroatoms. The fourth-order valence-electron chi connectivity index (χ4n) is 1.64. The third-order valence-corrected chi connectivity index (χ3v) is 4.90. The van der Waals surface area contributed by atoms with E-state index in [0.29, 0.717) is 10.4 Å². The van der Waals surface area contributed by atoms with Crippen LogP contribution in [0, 0.1) is 11.7 Å². The van der Waals surface area contributed by atoms with E-state index in [-0.39, 0.29) is 16.9 Å². The van der Waals surface area contributed by atoms with E-state index in [2.05, 4.69) is 15.9 Å². The summed E-state index contributed by atoms with van der Waals surface area (Å²) in [5.41, 5.74) is 0. The number of alkyl halides is 3. The molecule has 21 heavy (non-hydrogen) atoms. The molecule has 0 heterocycles. The van der Waals surface area contributed by atoms with Gasteiger partial charge in [-0.3, -0.25) is 0 Å². The van der Waals surface area contributed by atoms with Crippen LogP contribution in [0.3, 0.4) is 0 Å². The number of hydrogen-bond acceptors (Lipinski definition) is 2. The van der Waals surface area contributed by atoms with Gasteiger partial charge in [0, 0.05) is 6.54 Å². The Morgan fingerprint density at radius 1 is 1.29 bits per heavy atom. The molecule has 0 amide bonds.